The number of carbonyl (C=O) groups excluding carboxylic acids is 11. The number of nitrogens with one attached hydrogen (secondary N) is 4. The molecular weight excluding hydrogens is 1200 g/mol. The Bertz CT molecular complexity index is 2480. The Morgan fingerprint density at radius 2 is 0.924 bits per heavy atom. The fourth-order valence-electron chi connectivity index (χ4n) is 11.6. The first-order valence-corrected chi connectivity index (χ1v) is 34.5. The second-order valence-corrected chi connectivity index (χ2v) is 28.6. The van der Waals surface area contributed by atoms with E-state index in [9.17, 15) is 34.2 Å². The molecule has 25 heteroatoms. The molecule has 0 aliphatic carbocycles. The number of aliphatic hydroxyl groups is 2. The maximum Gasteiger partial charge on any atom is 0.246 e. The molecule has 1 aliphatic heterocycles. The quantitative estimate of drug-likeness (QED) is 0.0696. The van der Waals surface area contributed by atoms with E-state index in [4.69, 9.17) is 0 Å². The van der Waals surface area contributed by atoms with Crippen molar-refractivity contribution in [3.8, 4) is 0 Å². The maximum atomic E-state index is 15.3. The van der Waals surface area contributed by atoms with Crippen LogP contribution in [0.5, 0.6) is 0 Å². The van der Waals surface area contributed by atoms with E-state index in [1.54, 1.807) is 61.5 Å². The van der Waals surface area contributed by atoms with Crippen LogP contribution in [0.3, 0.4) is 0 Å². The van der Waals surface area contributed by atoms with Crippen LogP contribution in [0, 0.1) is 41.4 Å². The number of aliphatic hydroxyl groups excluding tert-OH is 2. The third kappa shape index (κ3) is 23.6. The molecule has 92 heavy (non-hydrogen) atoms. The number of likely N-dealkylation sites (N-methyl/N-ethyl adjacent to an activating group) is 7. The van der Waals surface area contributed by atoms with Gasteiger partial charge in [0.05, 0.1) is 6.10 Å². The van der Waals surface area contributed by atoms with Gasteiger partial charge in [-0.3, -0.25) is 52.7 Å². The van der Waals surface area contributed by atoms with Crippen LogP contribution in [0.4, 0.5) is 0 Å². The number of rotatable bonds is 21. The van der Waals surface area contributed by atoms with E-state index in [0.29, 0.717) is 31.4 Å². The molecule has 24 nitrogen and oxygen atoms in total. The van der Waals surface area contributed by atoms with E-state index in [2.05, 4.69) is 21.3 Å². The van der Waals surface area contributed by atoms with Gasteiger partial charge in [-0.05, 0) is 113 Å². The molecule has 0 aromatic heterocycles. The van der Waals surface area contributed by atoms with Crippen LogP contribution in [0.2, 0.25) is 0 Å². The lowest BCUT2D eigenvalue weighted by molar-refractivity contribution is -0.157. The van der Waals surface area contributed by atoms with Crippen LogP contribution >= 0.6 is 11.8 Å². The van der Waals surface area contributed by atoms with Crippen LogP contribution in [-0.2, 0) is 52.7 Å². The molecule has 0 spiro atoms. The van der Waals surface area contributed by atoms with Gasteiger partial charge >= 0.3 is 0 Å². The second-order valence-electron chi connectivity index (χ2n) is 27.5. The number of allylic oxidation sites excluding steroid dienone is 2. The minimum absolute atomic E-state index is 0.00899. The molecule has 1 fully saturated rings. The lowest BCUT2D eigenvalue weighted by Crippen LogP contribution is -2.64. The molecule has 11 amide bonds. The molecule has 0 unspecified atom stereocenters. The van der Waals surface area contributed by atoms with E-state index in [0.717, 1.165) is 4.90 Å². The first-order valence-electron chi connectivity index (χ1n) is 33.3. The summed E-state index contributed by atoms with van der Waals surface area (Å²) >= 11 is 1.36. The molecule has 0 radical (unpaired) electrons. The highest BCUT2D eigenvalue weighted by Gasteiger charge is 2.47. The molecule has 528 valence electrons. The van der Waals surface area contributed by atoms with Gasteiger partial charge in [-0.25, -0.2) is 0 Å². The van der Waals surface area contributed by atoms with Crippen LogP contribution in [0.15, 0.2) is 12.2 Å². The summed E-state index contributed by atoms with van der Waals surface area (Å²) in [5, 5.41) is 33.0. The highest BCUT2D eigenvalue weighted by Crippen LogP contribution is 2.27. The van der Waals surface area contributed by atoms with Gasteiger partial charge in [-0.1, -0.05) is 116 Å². The number of hydrogen-bond donors (Lipinski definition) is 6. The van der Waals surface area contributed by atoms with E-state index >= 15 is 28.8 Å². The SMILES string of the molecule is C/C=C/C[C@@H](C)[C@@H](O)[C@H]1C(=O)N[C@@H](CC)C(=O)N(C)[C@H](CSCCCCO)C(=O)N(C)[C@@H]([C@@H](C)CC)C(=O)N[C@H](C(C)C)C(=O)N(C)[C@H](CC(C)C)C(=O)N[C@H](C)C(=O)N[C@@H](C)C(=O)N(C)[C@H](CC(C)C)C(=O)N(C)[C@@H](CC(C)C)C(=O)N(C)[C@@H](C(C)C)C(=O)N1C. The van der Waals surface area contributed by atoms with Crippen molar-refractivity contribution in [1.82, 2.24) is 55.6 Å². The van der Waals surface area contributed by atoms with Crippen molar-refractivity contribution in [2.24, 2.45) is 41.4 Å². The first-order chi connectivity index (χ1) is 42.7. The number of amides is 11. The summed E-state index contributed by atoms with van der Waals surface area (Å²) in [4.78, 5) is 172. The molecule has 0 bridgehead atoms. The van der Waals surface area contributed by atoms with Gasteiger partial charge in [0, 0.05) is 61.7 Å². The number of unbranched alkanes of at least 4 members (excludes halogenated alkanes) is 1. The summed E-state index contributed by atoms with van der Waals surface area (Å²) in [6, 6.07) is -13.9. The van der Waals surface area contributed by atoms with Crippen molar-refractivity contribution in [2.45, 2.75) is 242 Å². The molecule has 1 saturated heterocycles. The smallest absolute Gasteiger partial charge is 0.246 e. The monoisotopic (exact) mass is 1320 g/mol. The van der Waals surface area contributed by atoms with Gasteiger partial charge in [-0.2, -0.15) is 11.8 Å². The van der Waals surface area contributed by atoms with Crippen molar-refractivity contribution >= 4 is 76.7 Å². The Kier molecular flexibility index (Phi) is 36.4. The van der Waals surface area contributed by atoms with Crippen molar-refractivity contribution in [1.29, 1.82) is 0 Å². The average molecular weight is 1320 g/mol. The van der Waals surface area contributed by atoms with Crippen LogP contribution in [0.1, 0.15) is 169 Å². The number of nitrogens with zero attached hydrogens (tertiary/aromatic N) is 7. The zero-order valence-corrected chi connectivity index (χ0v) is 61.1. The highest BCUT2D eigenvalue weighted by atomic mass is 32.2. The fraction of sp³-hybridized carbons (Fsp3) is 0.806. The number of thioether (sulfide) groups is 1. The Hall–Kier alpha value is -5.82. The average Bonchev–Trinajstić information content (AvgIpc) is 0.821. The first kappa shape index (κ1) is 84.2. The summed E-state index contributed by atoms with van der Waals surface area (Å²) in [5.41, 5.74) is 0. The van der Waals surface area contributed by atoms with Gasteiger partial charge in [0.2, 0.25) is 65.0 Å². The molecule has 1 heterocycles. The van der Waals surface area contributed by atoms with Gasteiger partial charge in [0.1, 0.15) is 66.5 Å². The van der Waals surface area contributed by atoms with E-state index in [1.807, 2.05) is 54.5 Å². The summed E-state index contributed by atoms with van der Waals surface area (Å²) in [6.07, 6.45) is 4.26. The van der Waals surface area contributed by atoms with Crippen molar-refractivity contribution in [3.05, 3.63) is 12.2 Å². The number of hydrogen-bond acceptors (Lipinski definition) is 14. The molecule has 1 rings (SSSR count). The van der Waals surface area contributed by atoms with Crippen LogP contribution in [-0.4, -0.2) is 250 Å². The van der Waals surface area contributed by atoms with Crippen molar-refractivity contribution in [2.75, 3.05) is 67.4 Å². The lowest BCUT2D eigenvalue weighted by Gasteiger charge is -2.41. The Morgan fingerprint density at radius 3 is 1.40 bits per heavy atom. The Labute approximate surface area is 555 Å². The second kappa shape index (κ2) is 39.8. The largest absolute Gasteiger partial charge is 0.396 e. The van der Waals surface area contributed by atoms with E-state index in [-0.39, 0.29) is 55.8 Å². The van der Waals surface area contributed by atoms with E-state index in [1.165, 1.54) is 104 Å². The molecule has 14 atom stereocenters. The maximum absolute atomic E-state index is 15.3. The van der Waals surface area contributed by atoms with Gasteiger partial charge in [-0.15, -0.1) is 0 Å². The van der Waals surface area contributed by atoms with Gasteiger partial charge < -0.3 is 65.8 Å². The lowest BCUT2D eigenvalue weighted by atomic mass is 9.91. The van der Waals surface area contributed by atoms with Gasteiger partial charge in [0.25, 0.3) is 0 Å². The normalized spacial score (nSPS) is 26.9. The van der Waals surface area contributed by atoms with Gasteiger partial charge in [0.15, 0.2) is 0 Å². The predicted octanol–water partition coefficient (Wildman–Crippen LogP) is 4.14. The van der Waals surface area contributed by atoms with Crippen LogP contribution < -0.4 is 21.3 Å². The molecule has 6 N–H and O–H groups in total. The zero-order valence-electron chi connectivity index (χ0n) is 60.3. The molecule has 0 aromatic carbocycles. The minimum Gasteiger partial charge on any atom is -0.396 e. The summed E-state index contributed by atoms with van der Waals surface area (Å²) < 4.78 is 0. The van der Waals surface area contributed by atoms with Crippen molar-refractivity contribution < 1.29 is 63.0 Å². The van der Waals surface area contributed by atoms with Crippen molar-refractivity contribution in [3.63, 3.8) is 0 Å². The third-order valence-corrected chi connectivity index (χ3v) is 18.9. The zero-order chi connectivity index (χ0) is 71.1. The minimum atomic E-state index is -1.64. The molecule has 1 aliphatic rings. The third-order valence-electron chi connectivity index (χ3n) is 17.8. The number of carbonyl (C=O) groups is 11. The fourth-order valence-corrected chi connectivity index (χ4v) is 12.8. The Morgan fingerprint density at radius 1 is 0.478 bits per heavy atom. The summed E-state index contributed by atoms with van der Waals surface area (Å²) in [7, 11) is 10.0. The van der Waals surface area contributed by atoms with E-state index < -0.39 is 161 Å². The predicted molar refractivity (Wildman–Crippen MR) is 361 cm³/mol. The molecule has 0 saturated carbocycles. The summed E-state index contributed by atoms with van der Waals surface area (Å²) in [6.45, 7) is 29.8. The topological polar surface area (TPSA) is 299 Å². The molecular formula is C67H121N11O13S. The molecule has 0 aromatic rings. The Balaban J connectivity index is 4.53. The summed E-state index contributed by atoms with van der Waals surface area (Å²) in [5.74, 6) is -9.75. The standard InChI is InChI=1S/C67H121N11O13S/c1-25-28-31-44(15)56(80)55-60(84)70-47(27-3)62(86)75(21)51(37-92-33-30-29-32-79)65(89)77(23)54(43(14)26-2)59(83)71-52(41(10)11)66(90)72(18)48(34-38(4)5)58(82)68-45(16)57(81)69-46(17)61(85)73(19)49(35-39(6)7)63(87)74(20)50(36-40(8)9)64(88)76(22)53(42(12)13)67(91)78(55)24/h25,28,38-56,79-80H,26-27,29-37H2,1-24H3,(H,68,82)(H,69,81)(H,70,84)(H,71,83)/b28-25+/t43-,44+,45+,46-,47-,48+,49+,50-,51+,52+,53-,54-,55-,56+/m0/s1. The van der Waals surface area contributed by atoms with Crippen LogP contribution in [0.25, 0.3) is 0 Å². The highest BCUT2D eigenvalue weighted by molar-refractivity contribution is 7.99.